The number of β-lactam (4-membered cyclic amide) rings is 2. The summed E-state index contributed by atoms with van der Waals surface area (Å²) in [6.07, 6.45) is -1.15. The lowest BCUT2D eigenvalue weighted by atomic mass is 9.95. The normalized spacial score (nSPS) is 25.8. The lowest BCUT2D eigenvalue weighted by Crippen LogP contribution is -2.71. The number of fused-ring (bicyclic) bond motifs is 2. The summed E-state index contributed by atoms with van der Waals surface area (Å²) in [5.74, 6) is -4.20. The Morgan fingerprint density at radius 1 is 0.889 bits per heavy atom. The highest BCUT2D eigenvalue weighted by molar-refractivity contribution is 8.01. The van der Waals surface area contributed by atoms with Gasteiger partial charge in [-0.15, -0.1) is 11.8 Å². The molecule has 4 aliphatic rings. The average Bonchev–Trinajstić information content (AvgIpc) is 3.43. The van der Waals surface area contributed by atoms with Crippen molar-refractivity contribution in [1.82, 2.24) is 20.4 Å². The van der Waals surface area contributed by atoms with Crippen LogP contribution in [0.2, 0.25) is 0 Å². The zero-order valence-electron chi connectivity index (χ0n) is 29.8. The molecule has 0 aromatic heterocycles. The number of rotatable bonds is 11. The van der Waals surface area contributed by atoms with E-state index in [2.05, 4.69) is 10.6 Å². The van der Waals surface area contributed by atoms with Crippen LogP contribution < -0.4 is 15.4 Å². The van der Waals surface area contributed by atoms with Crippen molar-refractivity contribution >= 4 is 63.3 Å². The highest BCUT2D eigenvalue weighted by Crippen LogP contribution is 2.51. The summed E-state index contributed by atoms with van der Waals surface area (Å²) in [5, 5.41) is 3.36. The van der Waals surface area contributed by atoms with E-state index in [1.54, 1.807) is 44.2 Å². The molecule has 2 aromatic rings. The van der Waals surface area contributed by atoms with Gasteiger partial charge in [0.15, 0.2) is 9.84 Å². The van der Waals surface area contributed by atoms with Crippen LogP contribution in [0.1, 0.15) is 58.2 Å². The molecule has 0 bridgehead atoms. The summed E-state index contributed by atoms with van der Waals surface area (Å²) in [5.41, 5.74) is 0.993. The number of hydrogen-bond donors (Lipinski definition) is 2. The van der Waals surface area contributed by atoms with Crippen LogP contribution >= 0.6 is 11.8 Å². The van der Waals surface area contributed by atoms with Crippen LogP contribution in [0.3, 0.4) is 0 Å². The van der Waals surface area contributed by atoms with Crippen LogP contribution in [0, 0.1) is 0 Å². The first-order valence-electron chi connectivity index (χ1n) is 16.8. The minimum absolute atomic E-state index is 0.0774. The maximum Gasteiger partial charge on any atom is 0.408 e. The fourth-order valence-electron chi connectivity index (χ4n) is 6.95. The lowest BCUT2D eigenvalue weighted by molar-refractivity contribution is -0.181. The number of benzene rings is 2. The summed E-state index contributed by atoms with van der Waals surface area (Å²) in [6, 6.07) is 9.64. The molecule has 6 atom stereocenters. The van der Waals surface area contributed by atoms with Gasteiger partial charge >= 0.3 is 24.0 Å². The third-order valence-corrected chi connectivity index (χ3v) is 14.1. The maximum atomic E-state index is 13.7. The summed E-state index contributed by atoms with van der Waals surface area (Å²) in [7, 11) is -3.86. The zero-order valence-corrected chi connectivity index (χ0v) is 31.4. The van der Waals surface area contributed by atoms with Gasteiger partial charge in [-0.05, 0) is 51.0 Å². The number of ether oxygens (including phenoxy) is 4. The van der Waals surface area contributed by atoms with Gasteiger partial charge in [-0.1, -0.05) is 42.5 Å². The fourth-order valence-corrected chi connectivity index (χ4v) is 10.7. The molecule has 0 aliphatic carbocycles. The van der Waals surface area contributed by atoms with Crippen molar-refractivity contribution in [2.75, 3.05) is 6.79 Å². The molecule has 19 heteroatoms. The first kappa shape index (κ1) is 38.6. The molecular formula is C35H38N4O13S2. The second kappa shape index (κ2) is 14.2. The predicted octanol–water partition coefficient (Wildman–Crippen LogP) is 1.30. The largest absolute Gasteiger partial charge is 0.445 e. The van der Waals surface area contributed by atoms with E-state index in [0.29, 0.717) is 5.56 Å². The maximum absolute atomic E-state index is 13.7. The van der Waals surface area contributed by atoms with Crippen LogP contribution in [0.15, 0.2) is 54.6 Å². The topological polar surface area (TPSA) is 221 Å². The van der Waals surface area contributed by atoms with E-state index in [4.69, 9.17) is 18.9 Å². The van der Waals surface area contributed by atoms with Crippen LogP contribution in [0.5, 0.6) is 5.75 Å². The van der Waals surface area contributed by atoms with Gasteiger partial charge in [0, 0.05) is 11.7 Å². The monoisotopic (exact) mass is 786 g/mol. The molecule has 288 valence electrons. The van der Waals surface area contributed by atoms with Gasteiger partial charge in [-0.3, -0.25) is 19.2 Å². The van der Waals surface area contributed by atoms with Crippen molar-refractivity contribution in [2.24, 2.45) is 0 Å². The molecule has 4 fully saturated rings. The summed E-state index contributed by atoms with van der Waals surface area (Å²) in [4.78, 5) is 92.2. The van der Waals surface area contributed by atoms with E-state index >= 15 is 0 Å². The first-order chi connectivity index (χ1) is 25.3. The molecule has 4 saturated heterocycles. The Morgan fingerprint density at radius 2 is 1.52 bits per heavy atom. The number of sulfone groups is 1. The third-order valence-electron chi connectivity index (χ3n) is 9.78. The highest BCUT2D eigenvalue weighted by Gasteiger charge is 2.68. The molecule has 1 unspecified atom stereocenters. The van der Waals surface area contributed by atoms with Crippen molar-refractivity contribution in [3.05, 3.63) is 65.7 Å². The van der Waals surface area contributed by atoms with E-state index < -0.39 is 103 Å². The Hall–Kier alpha value is -5.17. The minimum atomic E-state index is -3.86. The van der Waals surface area contributed by atoms with Crippen LogP contribution in [-0.2, 0) is 59.4 Å². The number of nitrogens with zero attached hydrogens (tertiary/aromatic N) is 2. The van der Waals surface area contributed by atoms with Gasteiger partial charge < -0.3 is 39.4 Å². The Kier molecular flexibility index (Phi) is 10.2. The Morgan fingerprint density at radius 3 is 2.13 bits per heavy atom. The van der Waals surface area contributed by atoms with Crippen LogP contribution in [0.25, 0.3) is 0 Å². The molecule has 54 heavy (non-hydrogen) atoms. The van der Waals surface area contributed by atoms with Crippen molar-refractivity contribution in [3.63, 3.8) is 0 Å². The number of amides is 4. The zero-order chi connectivity index (χ0) is 39.3. The van der Waals surface area contributed by atoms with Gasteiger partial charge in [0.2, 0.25) is 24.5 Å². The van der Waals surface area contributed by atoms with Gasteiger partial charge in [0.1, 0.15) is 47.3 Å². The molecule has 17 nitrogen and oxygen atoms in total. The number of carbonyl (C=O) groups excluding carboxylic acids is 7. The molecule has 4 amide bonds. The Bertz CT molecular complexity index is 2010. The van der Waals surface area contributed by atoms with E-state index in [-0.39, 0.29) is 24.3 Å². The van der Waals surface area contributed by atoms with Gasteiger partial charge in [0.05, 0.1) is 11.2 Å². The first-order valence-corrected chi connectivity index (χ1v) is 19.2. The molecular weight excluding hydrogens is 749 g/mol. The van der Waals surface area contributed by atoms with Crippen molar-refractivity contribution in [3.8, 4) is 5.75 Å². The van der Waals surface area contributed by atoms with Crippen molar-refractivity contribution in [2.45, 2.75) is 92.1 Å². The number of nitrogens with one attached hydrogen (secondary N) is 2. The predicted molar refractivity (Wildman–Crippen MR) is 187 cm³/mol. The molecule has 6 rings (SSSR count). The summed E-state index contributed by atoms with van der Waals surface area (Å²) in [6.45, 7) is 6.29. The number of esters is 3. The lowest BCUT2D eigenvalue weighted by Gasteiger charge is -2.44. The SMILES string of the molecule is CC(=O)Oc1ccc(C(NC(=O)OCc2ccccc2)C(=O)N[C@@H]2C(=O)N3[C@@H]2SC(C)(C)[C@@H]3C(=O)OCOC(=O)[C@@H]2N3C(=O)C[C@H]3S(=O)(=O)C2(C)C)cc1. The Balaban J connectivity index is 1.09. The quantitative estimate of drug-likeness (QED) is 0.142. The summed E-state index contributed by atoms with van der Waals surface area (Å²) < 4.78 is 43.9. The van der Waals surface area contributed by atoms with Gasteiger partial charge in [0.25, 0.3) is 0 Å². The number of thioether (sulfide) groups is 1. The highest BCUT2D eigenvalue weighted by atomic mass is 32.2. The van der Waals surface area contributed by atoms with Crippen LogP contribution in [0.4, 0.5) is 4.79 Å². The molecule has 0 saturated carbocycles. The Labute approximate surface area is 314 Å². The molecule has 0 spiro atoms. The number of carbonyl (C=O) groups is 7. The van der Waals surface area contributed by atoms with E-state index in [0.717, 1.165) is 4.90 Å². The van der Waals surface area contributed by atoms with E-state index in [1.165, 1.54) is 61.7 Å². The van der Waals surface area contributed by atoms with Crippen LogP contribution in [-0.4, -0.2) is 105 Å². The van der Waals surface area contributed by atoms with E-state index in [9.17, 15) is 42.0 Å². The smallest absolute Gasteiger partial charge is 0.408 e. The minimum Gasteiger partial charge on any atom is -0.445 e. The number of hydrogen-bond acceptors (Lipinski definition) is 14. The van der Waals surface area contributed by atoms with Gasteiger partial charge in [-0.25, -0.2) is 22.8 Å². The second-order valence-electron chi connectivity index (χ2n) is 14.1. The molecule has 0 radical (unpaired) electrons. The van der Waals surface area contributed by atoms with E-state index in [1.807, 2.05) is 0 Å². The third kappa shape index (κ3) is 6.85. The number of alkyl carbamates (subject to hydrolysis) is 1. The van der Waals surface area contributed by atoms with Gasteiger partial charge in [-0.2, -0.15) is 0 Å². The standard InChI is InChI=1S/C35H38N4O13S2/c1-18(40)52-21-13-11-20(12-14-21)24(37-33(46)49-16-19-9-7-6-8-10-19)28(42)36-25-29(43)39-26(34(2,3)53-30(25)39)31(44)50-17-51-32(45)27-35(4,5)54(47,48)23-15-22(41)38(23)27/h6-14,23-27,30H,15-17H2,1-5H3,(H,36,42)(H,37,46)/t23-,24?,25-,26+,27+,30-/m1/s1. The average molecular weight is 787 g/mol. The molecule has 4 heterocycles. The van der Waals surface area contributed by atoms with Crippen molar-refractivity contribution in [1.29, 1.82) is 0 Å². The molecule has 4 aliphatic heterocycles. The fraction of sp³-hybridized carbons (Fsp3) is 0.457. The second-order valence-corrected chi connectivity index (χ2v) is 18.6. The molecule has 2 aromatic carbocycles. The van der Waals surface area contributed by atoms with Crippen molar-refractivity contribution < 1.29 is 60.9 Å². The summed E-state index contributed by atoms with van der Waals surface area (Å²) >= 11 is 1.22. The molecule has 2 N–H and O–H groups in total.